The Morgan fingerprint density at radius 3 is 2.10 bits per heavy atom. The number of halogens is 2. The van der Waals surface area contributed by atoms with Gasteiger partial charge >= 0.3 is 5.97 Å². The van der Waals surface area contributed by atoms with E-state index >= 15 is 0 Å². The Hall–Kier alpha value is -0.970. The van der Waals surface area contributed by atoms with Crippen LogP contribution < -0.4 is 9.47 Å². The van der Waals surface area contributed by atoms with Crippen LogP contribution in [-0.4, -0.2) is 49.4 Å². The van der Waals surface area contributed by atoms with Gasteiger partial charge in [0.25, 0.3) is 0 Å². The molecule has 0 aliphatic carbocycles. The van der Waals surface area contributed by atoms with Crippen LogP contribution in [0.5, 0.6) is 11.5 Å². The van der Waals surface area contributed by atoms with Crippen LogP contribution >= 0.6 is 23.2 Å². The molecule has 1 aromatic carbocycles. The molecule has 20 heavy (non-hydrogen) atoms. The SMILES string of the molecule is COc1ccc(OC(=O)CCN(CCCl)CCCl)cc1. The van der Waals surface area contributed by atoms with E-state index in [1.165, 1.54) is 0 Å². The highest BCUT2D eigenvalue weighted by Crippen LogP contribution is 2.17. The lowest BCUT2D eigenvalue weighted by Gasteiger charge is -2.19. The Morgan fingerprint density at radius 2 is 1.60 bits per heavy atom. The molecule has 0 aliphatic heterocycles. The van der Waals surface area contributed by atoms with Gasteiger partial charge in [-0.2, -0.15) is 0 Å². The van der Waals surface area contributed by atoms with Crippen LogP contribution in [0.4, 0.5) is 0 Å². The molecule has 1 rings (SSSR count). The van der Waals surface area contributed by atoms with Crippen LogP contribution in [0.15, 0.2) is 24.3 Å². The zero-order chi connectivity index (χ0) is 14.8. The van der Waals surface area contributed by atoms with Crippen molar-refractivity contribution in [3.05, 3.63) is 24.3 Å². The number of rotatable bonds is 9. The van der Waals surface area contributed by atoms with E-state index < -0.39 is 0 Å². The number of hydrogen-bond donors (Lipinski definition) is 0. The first-order valence-electron chi connectivity index (χ1n) is 6.38. The Bertz CT molecular complexity index is 392. The van der Waals surface area contributed by atoms with Gasteiger partial charge in [0.05, 0.1) is 13.5 Å². The normalized spacial score (nSPS) is 10.6. The van der Waals surface area contributed by atoms with Gasteiger partial charge in [-0.15, -0.1) is 23.2 Å². The summed E-state index contributed by atoms with van der Waals surface area (Å²) in [5.74, 6) is 2.00. The largest absolute Gasteiger partial charge is 0.497 e. The van der Waals surface area contributed by atoms with Crippen molar-refractivity contribution in [3.8, 4) is 11.5 Å². The van der Waals surface area contributed by atoms with Gasteiger partial charge in [-0.05, 0) is 24.3 Å². The maximum Gasteiger partial charge on any atom is 0.312 e. The number of ether oxygens (including phenoxy) is 2. The van der Waals surface area contributed by atoms with E-state index in [4.69, 9.17) is 32.7 Å². The van der Waals surface area contributed by atoms with Crippen LogP contribution in [0.3, 0.4) is 0 Å². The highest BCUT2D eigenvalue weighted by molar-refractivity contribution is 6.18. The number of benzene rings is 1. The van der Waals surface area contributed by atoms with E-state index in [9.17, 15) is 4.79 Å². The van der Waals surface area contributed by atoms with Gasteiger partial charge in [0.1, 0.15) is 11.5 Å². The van der Waals surface area contributed by atoms with Gasteiger partial charge in [0.2, 0.25) is 0 Å². The summed E-state index contributed by atoms with van der Waals surface area (Å²) in [5.41, 5.74) is 0. The number of carbonyl (C=O) groups is 1. The van der Waals surface area contributed by atoms with Crippen molar-refractivity contribution in [2.75, 3.05) is 38.5 Å². The van der Waals surface area contributed by atoms with E-state index in [0.29, 0.717) is 43.6 Å². The number of nitrogens with zero attached hydrogens (tertiary/aromatic N) is 1. The summed E-state index contributed by atoms with van der Waals surface area (Å²) in [6.07, 6.45) is 0.305. The van der Waals surface area contributed by atoms with Gasteiger partial charge < -0.3 is 14.4 Å². The topological polar surface area (TPSA) is 38.8 Å². The quantitative estimate of drug-likeness (QED) is 0.398. The lowest BCUT2D eigenvalue weighted by Crippen LogP contribution is -2.31. The molecule has 0 saturated carbocycles. The van der Waals surface area contributed by atoms with Crippen molar-refractivity contribution in [2.24, 2.45) is 0 Å². The molecule has 0 aromatic heterocycles. The standard InChI is InChI=1S/C14H19Cl2NO3/c1-19-12-2-4-13(5-3-12)20-14(18)6-9-17(10-7-15)11-8-16/h2-5H,6-11H2,1H3. The summed E-state index contributed by atoms with van der Waals surface area (Å²) >= 11 is 11.4. The second-order valence-electron chi connectivity index (χ2n) is 4.12. The molecule has 0 saturated heterocycles. The first kappa shape index (κ1) is 17.1. The first-order chi connectivity index (χ1) is 9.69. The summed E-state index contributed by atoms with van der Waals surface area (Å²) < 4.78 is 10.3. The molecular formula is C14H19Cl2NO3. The molecular weight excluding hydrogens is 301 g/mol. The molecule has 1 aromatic rings. The highest BCUT2D eigenvalue weighted by Gasteiger charge is 2.09. The van der Waals surface area contributed by atoms with Gasteiger partial charge in [0.15, 0.2) is 0 Å². The summed E-state index contributed by atoms with van der Waals surface area (Å²) in [6, 6.07) is 6.89. The zero-order valence-electron chi connectivity index (χ0n) is 11.5. The fraction of sp³-hybridized carbons (Fsp3) is 0.500. The van der Waals surface area contributed by atoms with E-state index in [1.54, 1.807) is 31.4 Å². The molecule has 0 heterocycles. The van der Waals surface area contributed by atoms with Gasteiger partial charge in [-0.25, -0.2) is 0 Å². The smallest absolute Gasteiger partial charge is 0.312 e. The Kier molecular flexibility index (Phi) is 8.42. The van der Waals surface area contributed by atoms with Crippen LogP contribution in [0.25, 0.3) is 0 Å². The van der Waals surface area contributed by atoms with Crippen molar-refractivity contribution in [2.45, 2.75) is 6.42 Å². The predicted molar refractivity (Wildman–Crippen MR) is 81.1 cm³/mol. The molecule has 4 nitrogen and oxygen atoms in total. The second kappa shape index (κ2) is 9.86. The molecule has 0 unspecified atom stereocenters. The second-order valence-corrected chi connectivity index (χ2v) is 4.88. The zero-order valence-corrected chi connectivity index (χ0v) is 13.0. The summed E-state index contributed by atoms with van der Waals surface area (Å²) in [6.45, 7) is 2.02. The third-order valence-corrected chi connectivity index (χ3v) is 3.06. The van der Waals surface area contributed by atoms with Crippen molar-refractivity contribution in [3.63, 3.8) is 0 Å². The Morgan fingerprint density at radius 1 is 1.05 bits per heavy atom. The number of hydrogen-bond acceptors (Lipinski definition) is 4. The van der Waals surface area contributed by atoms with Crippen molar-refractivity contribution < 1.29 is 14.3 Å². The fourth-order valence-electron chi connectivity index (χ4n) is 1.65. The molecule has 0 amide bonds. The fourth-order valence-corrected chi connectivity index (χ4v) is 2.13. The third kappa shape index (κ3) is 6.46. The molecule has 0 bridgehead atoms. The third-order valence-electron chi connectivity index (χ3n) is 2.72. The Balaban J connectivity index is 2.38. The summed E-state index contributed by atoms with van der Waals surface area (Å²) in [7, 11) is 1.59. The molecule has 0 radical (unpaired) electrons. The molecule has 0 aliphatic rings. The van der Waals surface area contributed by atoms with E-state index in [0.717, 1.165) is 5.75 Å². The molecule has 0 spiro atoms. The highest BCUT2D eigenvalue weighted by atomic mass is 35.5. The van der Waals surface area contributed by atoms with E-state index in [-0.39, 0.29) is 5.97 Å². The van der Waals surface area contributed by atoms with E-state index in [1.807, 2.05) is 4.90 Å². The Labute approximate surface area is 129 Å². The van der Waals surface area contributed by atoms with Crippen LogP contribution in [0, 0.1) is 0 Å². The van der Waals surface area contributed by atoms with Crippen LogP contribution in [0.1, 0.15) is 6.42 Å². The lowest BCUT2D eigenvalue weighted by atomic mass is 10.3. The van der Waals surface area contributed by atoms with Crippen LogP contribution in [0.2, 0.25) is 0 Å². The average molecular weight is 320 g/mol. The van der Waals surface area contributed by atoms with E-state index in [2.05, 4.69) is 0 Å². The molecule has 6 heteroatoms. The van der Waals surface area contributed by atoms with Gasteiger partial charge in [0, 0.05) is 31.4 Å². The summed E-state index contributed by atoms with van der Waals surface area (Å²) in [5, 5.41) is 0. The van der Waals surface area contributed by atoms with Crippen molar-refractivity contribution in [1.29, 1.82) is 0 Å². The number of alkyl halides is 2. The number of esters is 1. The van der Waals surface area contributed by atoms with Gasteiger partial charge in [-0.1, -0.05) is 0 Å². The lowest BCUT2D eigenvalue weighted by molar-refractivity contribution is -0.134. The predicted octanol–water partition coefficient (Wildman–Crippen LogP) is 2.77. The monoisotopic (exact) mass is 319 g/mol. The van der Waals surface area contributed by atoms with Crippen molar-refractivity contribution >= 4 is 29.2 Å². The minimum atomic E-state index is -0.274. The number of methoxy groups -OCH3 is 1. The van der Waals surface area contributed by atoms with Crippen molar-refractivity contribution in [1.82, 2.24) is 4.90 Å². The molecule has 0 atom stereocenters. The molecule has 112 valence electrons. The number of carbonyl (C=O) groups excluding carboxylic acids is 1. The molecule has 0 fully saturated rings. The average Bonchev–Trinajstić information content (AvgIpc) is 2.46. The molecule has 0 N–H and O–H groups in total. The summed E-state index contributed by atoms with van der Waals surface area (Å²) in [4.78, 5) is 13.8. The maximum atomic E-state index is 11.7. The first-order valence-corrected chi connectivity index (χ1v) is 7.45. The van der Waals surface area contributed by atoms with Gasteiger partial charge in [-0.3, -0.25) is 4.79 Å². The minimum Gasteiger partial charge on any atom is -0.497 e. The minimum absolute atomic E-state index is 0.274. The maximum absolute atomic E-state index is 11.7. The van der Waals surface area contributed by atoms with Crippen LogP contribution in [-0.2, 0) is 4.79 Å².